The fraction of sp³-hybridized carbons (Fsp3) is 0.320. The number of aliphatic carboxylic acids is 1. The zero-order valence-corrected chi connectivity index (χ0v) is 20.0. The maximum Gasteiger partial charge on any atom is 0.338 e. The van der Waals surface area contributed by atoms with E-state index < -0.39 is 36.2 Å². The molecule has 0 amide bonds. The molecule has 0 radical (unpaired) electrons. The van der Waals surface area contributed by atoms with Crippen LogP contribution in [0.2, 0.25) is 0 Å². The summed E-state index contributed by atoms with van der Waals surface area (Å²) in [4.78, 5) is 37.3. The number of carboxylic acids is 1. The molecule has 0 unspecified atom stereocenters. The molecule has 0 aliphatic heterocycles. The number of aliphatic hydroxyl groups is 1. The number of methoxy groups -OCH3 is 4. The Labute approximate surface area is 206 Å². The molecule has 0 aromatic heterocycles. The fourth-order valence-corrected chi connectivity index (χ4v) is 3.66. The van der Waals surface area contributed by atoms with Crippen LogP contribution in [-0.4, -0.2) is 74.9 Å². The number of carbonyl (C=O) groups excluding carboxylic acids is 2. The van der Waals surface area contributed by atoms with Gasteiger partial charge >= 0.3 is 17.9 Å². The smallest absolute Gasteiger partial charge is 0.338 e. The van der Waals surface area contributed by atoms with Gasteiger partial charge in [-0.15, -0.1) is 0 Å². The second kappa shape index (κ2) is 11.5. The lowest BCUT2D eigenvalue weighted by Crippen LogP contribution is -2.46. The summed E-state index contributed by atoms with van der Waals surface area (Å²) in [5.74, 6) is -1.65. The van der Waals surface area contributed by atoms with Crippen molar-refractivity contribution >= 4 is 17.9 Å². The largest absolute Gasteiger partial charge is 0.493 e. The van der Waals surface area contributed by atoms with E-state index >= 15 is 0 Å². The van der Waals surface area contributed by atoms with E-state index in [1.54, 1.807) is 0 Å². The van der Waals surface area contributed by atoms with E-state index in [4.69, 9.17) is 28.4 Å². The van der Waals surface area contributed by atoms with E-state index in [0.29, 0.717) is 11.5 Å². The number of carboxylic acid groups (broad SMARTS) is 1. The molecule has 0 saturated heterocycles. The normalized spacial score (nSPS) is 18.9. The minimum atomic E-state index is -1.54. The summed E-state index contributed by atoms with van der Waals surface area (Å²) in [5, 5.41) is 20.0. The first-order chi connectivity index (χ1) is 17.2. The fourth-order valence-electron chi connectivity index (χ4n) is 3.66. The van der Waals surface area contributed by atoms with Gasteiger partial charge < -0.3 is 38.6 Å². The van der Waals surface area contributed by atoms with Crippen LogP contribution < -0.4 is 18.9 Å². The molecular formula is C25H26O11. The third-order valence-corrected chi connectivity index (χ3v) is 5.51. The zero-order valence-electron chi connectivity index (χ0n) is 20.0. The van der Waals surface area contributed by atoms with Crippen LogP contribution in [0.4, 0.5) is 0 Å². The highest BCUT2D eigenvalue weighted by molar-refractivity contribution is 5.92. The van der Waals surface area contributed by atoms with E-state index in [0.717, 1.165) is 6.08 Å². The van der Waals surface area contributed by atoms with Gasteiger partial charge in [0.1, 0.15) is 12.2 Å². The molecule has 2 aromatic carbocycles. The number of ether oxygens (including phenoxy) is 6. The predicted octanol–water partition coefficient (Wildman–Crippen LogP) is 2.25. The van der Waals surface area contributed by atoms with Gasteiger partial charge in [-0.25, -0.2) is 14.4 Å². The molecule has 36 heavy (non-hydrogen) atoms. The van der Waals surface area contributed by atoms with Crippen LogP contribution in [0, 0.1) is 0 Å². The van der Waals surface area contributed by atoms with Crippen molar-refractivity contribution in [3.05, 3.63) is 59.2 Å². The summed E-state index contributed by atoms with van der Waals surface area (Å²) < 4.78 is 31.7. The zero-order chi connectivity index (χ0) is 26.4. The van der Waals surface area contributed by atoms with Crippen molar-refractivity contribution < 1.29 is 53.0 Å². The first-order valence-electron chi connectivity index (χ1n) is 10.7. The van der Waals surface area contributed by atoms with Crippen LogP contribution in [0.5, 0.6) is 23.0 Å². The molecule has 0 bridgehead atoms. The summed E-state index contributed by atoms with van der Waals surface area (Å²) in [7, 11) is 5.69. The molecule has 192 valence electrons. The summed E-state index contributed by atoms with van der Waals surface area (Å²) in [6.45, 7) is 0. The summed E-state index contributed by atoms with van der Waals surface area (Å²) >= 11 is 0. The first-order valence-corrected chi connectivity index (χ1v) is 10.7. The van der Waals surface area contributed by atoms with Gasteiger partial charge in [-0.05, 0) is 42.5 Å². The molecule has 3 rings (SSSR count). The van der Waals surface area contributed by atoms with Crippen molar-refractivity contribution in [1.29, 1.82) is 0 Å². The molecule has 11 heteroatoms. The van der Waals surface area contributed by atoms with Gasteiger partial charge in [-0.1, -0.05) is 0 Å². The minimum Gasteiger partial charge on any atom is -0.493 e. The van der Waals surface area contributed by atoms with Crippen LogP contribution in [0.1, 0.15) is 27.1 Å². The monoisotopic (exact) mass is 502 g/mol. The third kappa shape index (κ3) is 5.69. The molecule has 0 saturated carbocycles. The van der Waals surface area contributed by atoms with Crippen molar-refractivity contribution in [2.24, 2.45) is 0 Å². The Hall–Kier alpha value is -4.25. The number of esters is 2. The van der Waals surface area contributed by atoms with Crippen molar-refractivity contribution in [1.82, 2.24) is 0 Å². The first kappa shape index (κ1) is 26.4. The van der Waals surface area contributed by atoms with Crippen molar-refractivity contribution in [3.8, 4) is 23.0 Å². The Morgan fingerprint density at radius 2 is 1.22 bits per heavy atom. The van der Waals surface area contributed by atoms with Gasteiger partial charge in [-0.2, -0.15) is 0 Å². The van der Waals surface area contributed by atoms with E-state index in [1.165, 1.54) is 64.8 Å². The molecule has 0 fully saturated rings. The van der Waals surface area contributed by atoms with Crippen molar-refractivity contribution in [2.75, 3.05) is 28.4 Å². The summed E-state index contributed by atoms with van der Waals surface area (Å²) in [6.07, 6.45) is -3.46. The Balaban J connectivity index is 1.87. The van der Waals surface area contributed by atoms with Crippen LogP contribution >= 0.6 is 0 Å². The molecular weight excluding hydrogens is 476 g/mol. The second-order valence-electron chi connectivity index (χ2n) is 7.64. The van der Waals surface area contributed by atoms with Gasteiger partial charge in [0.2, 0.25) is 0 Å². The standard InChI is InChI=1S/C25H26O11/c1-31-17-7-5-13(10-19(17)33-3)24(29)35-21-12-15(23(27)28)9-16(26)22(21)36-25(30)14-6-8-18(32-2)20(11-14)34-4/h5-11,16,21-22,26H,12H2,1-4H3,(H,27,28)/t16-,21-,22-/m1/s1. The van der Waals surface area contributed by atoms with E-state index in [2.05, 4.69) is 0 Å². The number of benzene rings is 2. The average molecular weight is 502 g/mol. The molecule has 0 heterocycles. The summed E-state index contributed by atoms with van der Waals surface area (Å²) in [5.41, 5.74) is -0.0256. The maximum absolute atomic E-state index is 12.9. The summed E-state index contributed by atoms with van der Waals surface area (Å²) in [6, 6.07) is 8.65. The highest BCUT2D eigenvalue weighted by atomic mass is 16.6. The van der Waals surface area contributed by atoms with E-state index in [9.17, 15) is 24.6 Å². The number of carbonyl (C=O) groups is 3. The van der Waals surface area contributed by atoms with Crippen LogP contribution in [0.15, 0.2) is 48.0 Å². The van der Waals surface area contributed by atoms with Crippen LogP contribution in [0.25, 0.3) is 0 Å². The number of hydrogen-bond donors (Lipinski definition) is 2. The molecule has 2 aromatic rings. The molecule has 3 atom stereocenters. The second-order valence-corrected chi connectivity index (χ2v) is 7.64. The van der Waals surface area contributed by atoms with E-state index in [-0.39, 0.29) is 34.6 Å². The van der Waals surface area contributed by atoms with Gasteiger partial charge in [0.25, 0.3) is 0 Å². The van der Waals surface area contributed by atoms with Gasteiger partial charge in [0, 0.05) is 12.0 Å². The molecule has 2 N–H and O–H groups in total. The van der Waals surface area contributed by atoms with Gasteiger partial charge in [0.05, 0.1) is 39.6 Å². The Kier molecular flexibility index (Phi) is 8.38. The lowest BCUT2D eigenvalue weighted by molar-refractivity contribution is -0.134. The molecule has 1 aliphatic carbocycles. The third-order valence-electron chi connectivity index (χ3n) is 5.51. The Morgan fingerprint density at radius 3 is 1.67 bits per heavy atom. The lowest BCUT2D eigenvalue weighted by Gasteiger charge is -2.33. The number of aliphatic hydroxyl groups excluding tert-OH is 1. The maximum atomic E-state index is 12.9. The highest BCUT2D eigenvalue weighted by Crippen LogP contribution is 2.31. The van der Waals surface area contributed by atoms with Crippen LogP contribution in [-0.2, 0) is 14.3 Å². The van der Waals surface area contributed by atoms with Crippen molar-refractivity contribution in [2.45, 2.75) is 24.7 Å². The highest BCUT2D eigenvalue weighted by Gasteiger charge is 2.40. The average Bonchev–Trinajstić information content (AvgIpc) is 2.89. The topological polar surface area (TPSA) is 147 Å². The Bertz CT molecular complexity index is 1170. The number of rotatable bonds is 9. The lowest BCUT2D eigenvalue weighted by atomic mass is 9.91. The number of hydrogen-bond acceptors (Lipinski definition) is 10. The van der Waals surface area contributed by atoms with Gasteiger partial charge in [0.15, 0.2) is 29.1 Å². The van der Waals surface area contributed by atoms with Gasteiger partial charge in [-0.3, -0.25) is 0 Å². The predicted molar refractivity (Wildman–Crippen MR) is 124 cm³/mol. The minimum absolute atomic E-state index is 0.0813. The van der Waals surface area contributed by atoms with Crippen LogP contribution in [0.3, 0.4) is 0 Å². The molecule has 0 spiro atoms. The molecule has 11 nitrogen and oxygen atoms in total. The Morgan fingerprint density at radius 1 is 0.750 bits per heavy atom. The quantitative estimate of drug-likeness (QED) is 0.487. The SMILES string of the molecule is COc1ccc(C(=O)O[C@@H]2[C@H](O)C=C(C(=O)O)C[C@H]2OC(=O)c2ccc(OC)c(OC)c2)cc1OC. The van der Waals surface area contributed by atoms with E-state index in [1.807, 2.05) is 0 Å². The molecule has 1 aliphatic rings. The van der Waals surface area contributed by atoms with Crippen molar-refractivity contribution in [3.63, 3.8) is 0 Å².